The van der Waals surface area contributed by atoms with E-state index in [1.807, 2.05) is 41.1 Å². The van der Waals surface area contributed by atoms with Crippen molar-refractivity contribution in [1.82, 2.24) is 9.38 Å². The van der Waals surface area contributed by atoms with E-state index in [1.54, 1.807) is 7.11 Å². The summed E-state index contributed by atoms with van der Waals surface area (Å²) in [6, 6.07) is 10.0. The topological polar surface area (TPSA) is 26.5 Å². The lowest BCUT2D eigenvalue weighted by Gasteiger charge is -2.00. The molecule has 96 valence electrons. The summed E-state index contributed by atoms with van der Waals surface area (Å²) in [6.07, 6.45) is 4.05. The largest absolute Gasteiger partial charge is 0.497 e. The molecule has 2 heterocycles. The molecule has 0 radical (unpaired) electrons. The van der Waals surface area contributed by atoms with Gasteiger partial charge in [-0.25, -0.2) is 4.98 Å². The van der Waals surface area contributed by atoms with Crippen molar-refractivity contribution in [3.8, 4) is 17.0 Å². The molecule has 1 aromatic carbocycles. The molecule has 2 aromatic heterocycles. The van der Waals surface area contributed by atoms with Crippen molar-refractivity contribution in [3.63, 3.8) is 0 Å². The Hall–Kier alpha value is -1.81. The fourth-order valence-electron chi connectivity index (χ4n) is 2.13. The Morgan fingerprint density at radius 3 is 2.58 bits per heavy atom. The minimum atomic E-state index is 0.853. The molecule has 0 spiro atoms. The summed E-state index contributed by atoms with van der Waals surface area (Å²) in [4.78, 5) is 4.68. The lowest BCUT2D eigenvalue weighted by Crippen LogP contribution is -1.86. The number of halogens is 1. The van der Waals surface area contributed by atoms with Gasteiger partial charge < -0.3 is 9.14 Å². The number of pyridine rings is 1. The number of nitrogens with zero attached hydrogens (tertiary/aromatic N) is 2. The van der Waals surface area contributed by atoms with Crippen LogP contribution in [0, 0.1) is 6.92 Å². The number of fused-ring (bicyclic) bond motifs is 1. The van der Waals surface area contributed by atoms with Gasteiger partial charge in [0, 0.05) is 22.4 Å². The average molecular weight is 317 g/mol. The van der Waals surface area contributed by atoms with Crippen molar-refractivity contribution in [1.29, 1.82) is 0 Å². The SMILES string of the molecule is COc1ccc(-c2cn3cc(Br)cc(C)c3n2)cc1. The average Bonchev–Trinajstić information content (AvgIpc) is 2.83. The lowest BCUT2D eigenvalue weighted by molar-refractivity contribution is 0.415. The molecule has 0 aliphatic carbocycles. The Balaban J connectivity index is 2.12. The quantitative estimate of drug-likeness (QED) is 0.712. The summed E-state index contributed by atoms with van der Waals surface area (Å²) in [6.45, 7) is 2.06. The highest BCUT2D eigenvalue weighted by molar-refractivity contribution is 9.10. The van der Waals surface area contributed by atoms with E-state index < -0.39 is 0 Å². The van der Waals surface area contributed by atoms with Gasteiger partial charge in [0.2, 0.25) is 0 Å². The molecule has 0 atom stereocenters. The Bertz CT molecular complexity index is 732. The van der Waals surface area contributed by atoms with Gasteiger partial charge in [0.25, 0.3) is 0 Å². The number of hydrogen-bond acceptors (Lipinski definition) is 2. The second kappa shape index (κ2) is 4.70. The summed E-state index contributed by atoms with van der Waals surface area (Å²) < 4.78 is 8.26. The fraction of sp³-hybridized carbons (Fsp3) is 0.133. The van der Waals surface area contributed by atoms with Crippen LogP contribution in [0.2, 0.25) is 0 Å². The molecule has 0 amide bonds. The van der Waals surface area contributed by atoms with E-state index in [4.69, 9.17) is 4.74 Å². The van der Waals surface area contributed by atoms with Gasteiger partial charge in [-0.2, -0.15) is 0 Å². The van der Waals surface area contributed by atoms with Crippen molar-refractivity contribution in [2.45, 2.75) is 6.92 Å². The predicted octanol–water partition coefficient (Wildman–Crippen LogP) is 4.08. The second-order valence-electron chi connectivity index (χ2n) is 4.43. The molecule has 3 rings (SSSR count). The van der Waals surface area contributed by atoms with Crippen molar-refractivity contribution in [2.75, 3.05) is 7.11 Å². The number of methoxy groups -OCH3 is 1. The molecule has 0 unspecified atom stereocenters. The highest BCUT2D eigenvalue weighted by atomic mass is 79.9. The number of benzene rings is 1. The Kier molecular flexibility index (Phi) is 3.03. The van der Waals surface area contributed by atoms with E-state index in [0.717, 1.165) is 32.7 Å². The van der Waals surface area contributed by atoms with E-state index >= 15 is 0 Å². The van der Waals surface area contributed by atoms with Crippen LogP contribution >= 0.6 is 15.9 Å². The summed E-state index contributed by atoms with van der Waals surface area (Å²) in [7, 11) is 1.67. The summed E-state index contributed by atoms with van der Waals surface area (Å²) in [5, 5.41) is 0. The number of rotatable bonds is 2. The van der Waals surface area contributed by atoms with Crippen molar-refractivity contribution >= 4 is 21.6 Å². The summed E-state index contributed by atoms with van der Waals surface area (Å²) in [5.74, 6) is 0.853. The molecule has 3 nitrogen and oxygen atoms in total. The number of ether oxygens (including phenoxy) is 1. The molecule has 19 heavy (non-hydrogen) atoms. The van der Waals surface area contributed by atoms with Crippen molar-refractivity contribution in [2.24, 2.45) is 0 Å². The fourth-order valence-corrected chi connectivity index (χ4v) is 2.69. The third kappa shape index (κ3) is 2.24. The standard InChI is InChI=1S/C15H13BrN2O/c1-10-7-12(16)8-18-9-14(17-15(10)18)11-3-5-13(19-2)6-4-11/h3-9H,1-2H3. The first-order chi connectivity index (χ1) is 9.17. The highest BCUT2D eigenvalue weighted by Gasteiger charge is 2.07. The van der Waals surface area contributed by atoms with Crippen LogP contribution in [0.4, 0.5) is 0 Å². The van der Waals surface area contributed by atoms with Crippen LogP contribution in [0.5, 0.6) is 5.75 Å². The lowest BCUT2D eigenvalue weighted by atomic mass is 10.2. The molecule has 0 N–H and O–H groups in total. The molecule has 3 aromatic rings. The van der Waals surface area contributed by atoms with Gasteiger partial charge >= 0.3 is 0 Å². The van der Waals surface area contributed by atoms with Crippen molar-refractivity contribution in [3.05, 3.63) is 52.8 Å². The monoisotopic (exact) mass is 316 g/mol. The first-order valence-electron chi connectivity index (χ1n) is 5.96. The van der Waals surface area contributed by atoms with Gasteiger partial charge in [0.05, 0.1) is 12.8 Å². The maximum atomic E-state index is 5.17. The van der Waals surface area contributed by atoms with Gasteiger partial charge in [0.1, 0.15) is 11.4 Å². The Morgan fingerprint density at radius 2 is 1.89 bits per heavy atom. The number of imidazole rings is 1. The molecule has 0 aliphatic heterocycles. The summed E-state index contributed by atoms with van der Waals surface area (Å²) >= 11 is 3.50. The number of aryl methyl sites for hydroxylation is 1. The zero-order chi connectivity index (χ0) is 13.4. The highest BCUT2D eigenvalue weighted by Crippen LogP contribution is 2.24. The third-order valence-corrected chi connectivity index (χ3v) is 3.52. The van der Waals surface area contributed by atoms with E-state index in [-0.39, 0.29) is 0 Å². The van der Waals surface area contributed by atoms with E-state index in [9.17, 15) is 0 Å². The maximum Gasteiger partial charge on any atom is 0.140 e. The molecule has 0 bridgehead atoms. The Labute approximate surface area is 120 Å². The number of aromatic nitrogens is 2. The number of hydrogen-bond donors (Lipinski definition) is 0. The minimum absolute atomic E-state index is 0.853. The van der Waals surface area contributed by atoms with Crippen LogP contribution in [0.25, 0.3) is 16.9 Å². The van der Waals surface area contributed by atoms with Crippen LogP contribution in [-0.2, 0) is 0 Å². The summed E-state index contributed by atoms with van der Waals surface area (Å²) in [5.41, 5.74) is 4.17. The molecule has 0 saturated carbocycles. The third-order valence-electron chi connectivity index (χ3n) is 3.09. The van der Waals surface area contributed by atoms with Crippen LogP contribution in [0.1, 0.15) is 5.56 Å². The van der Waals surface area contributed by atoms with E-state index in [1.165, 1.54) is 0 Å². The van der Waals surface area contributed by atoms with E-state index in [0.29, 0.717) is 0 Å². The van der Waals surface area contributed by atoms with Gasteiger partial charge in [-0.1, -0.05) is 0 Å². The minimum Gasteiger partial charge on any atom is -0.497 e. The molecule has 0 saturated heterocycles. The van der Waals surface area contributed by atoms with E-state index in [2.05, 4.69) is 33.9 Å². The van der Waals surface area contributed by atoms with Crippen LogP contribution in [0.3, 0.4) is 0 Å². The predicted molar refractivity (Wildman–Crippen MR) is 79.6 cm³/mol. The zero-order valence-corrected chi connectivity index (χ0v) is 12.3. The van der Waals surface area contributed by atoms with Gasteiger partial charge in [0.15, 0.2) is 0 Å². The van der Waals surface area contributed by atoms with Crippen LogP contribution in [-0.4, -0.2) is 16.5 Å². The first-order valence-corrected chi connectivity index (χ1v) is 6.76. The smallest absolute Gasteiger partial charge is 0.140 e. The molecule has 0 fully saturated rings. The Morgan fingerprint density at radius 1 is 1.16 bits per heavy atom. The normalized spacial score (nSPS) is 10.9. The second-order valence-corrected chi connectivity index (χ2v) is 5.34. The molecule has 0 aliphatic rings. The van der Waals surface area contributed by atoms with Gasteiger partial charge in [-0.3, -0.25) is 0 Å². The first kappa shape index (κ1) is 12.2. The zero-order valence-electron chi connectivity index (χ0n) is 10.7. The molecular formula is C15H13BrN2O. The van der Waals surface area contributed by atoms with Crippen LogP contribution in [0.15, 0.2) is 47.2 Å². The van der Waals surface area contributed by atoms with Crippen molar-refractivity contribution < 1.29 is 4.74 Å². The van der Waals surface area contributed by atoms with Gasteiger partial charge in [-0.05, 0) is 58.7 Å². The van der Waals surface area contributed by atoms with Crippen LogP contribution < -0.4 is 4.74 Å². The van der Waals surface area contributed by atoms with Gasteiger partial charge in [-0.15, -0.1) is 0 Å². The molecule has 4 heteroatoms. The maximum absolute atomic E-state index is 5.17. The molecular weight excluding hydrogens is 304 g/mol.